The number of nitrogens with zero attached hydrogens (tertiary/aromatic N) is 4. The van der Waals surface area contributed by atoms with Crippen molar-refractivity contribution in [3.8, 4) is 17.1 Å². The fraction of sp³-hybridized carbons (Fsp3) is 0.286. The standard InChI is InChI=1S/C28H28ClF4N5O2/c1-16-13-18(6-8-21(16)30)25-24(35-26-22(34)9-10-23(40-4)38(25)26)27(39)37(12-11-36(2)3)15-17-5-7-19(20(29)14-17)28(31,32)33/h5-10,13-14H,11-12,15,34H2,1-4H3. The molecule has 2 aromatic carbocycles. The molecule has 2 heterocycles. The van der Waals surface area contributed by atoms with Gasteiger partial charge in [-0.05, 0) is 68.5 Å². The Bertz CT molecular complexity index is 1570. The molecule has 0 saturated heterocycles. The summed E-state index contributed by atoms with van der Waals surface area (Å²) < 4.78 is 61.0. The summed E-state index contributed by atoms with van der Waals surface area (Å²) in [5, 5.41) is -0.460. The number of rotatable bonds is 8. The number of carbonyl (C=O) groups excluding carboxylic acids is 1. The van der Waals surface area contributed by atoms with Crippen molar-refractivity contribution in [1.29, 1.82) is 0 Å². The average molecular weight is 578 g/mol. The van der Waals surface area contributed by atoms with Crippen molar-refractivity contribution < 1.29 is 27.1 Å². The van der Waals surface area contributed by atoms with Crippen LogP contribution in [0.25, 0.3) is 16.9 Å². The van der Waals surface area contributed by atoms with Gasteiger partial charge in [-0.1, -0.05) is 17.7 Å². The van der Waals surface area contributed by atoms with E-state index in [0.717, 1.165) is 6.07 Å². The van der Waals surface area contributed by atoms with Crippen LogP contribution in [0.5, 0.6) is 5.88 Å². The number of aryl methyl sites for hydroxylation is 1. The van der Waals surface area contributed by atoms with Crippen LogP contribution < -0.4 is 10.5 Å². The highest BCUT2D eigenvalue weighted by molar-refractivity contribution is 6.31. The molecule has 2 aromatic heterocycles. The maximum absolute atomic E-state index is 14.2. The first-order chi connectivity index (χ1) is 18.8. The summed E-state index contributed by atoms with van der Waals surface area (Å²) in [7, 11) is 5.13. The molecule has 40 heavy (non-hydrogen) atoms. The molecule has 4 aromatic rings. The lowest BCUT2D eigenvalue weighted by Crippen LogP contribution is -2.36. The number of likely N-dealkylation sites (N-methyl/N-ethyl adjacent to an activating group) is 1. The van der Waals surface area contributed by atoms with E-state index in [-0.39, 0.29) is 30.1 Å². The number of alkyl halides is 3. The molecule has 0 aliphatic heterocycles. The minimum absolute atomic E-state index is 0.0268. The third-order valence-electron chi connectivity index (χ3n) is 6.42. The maximum Gasteiger partial charge on any atom is 0.417 e. The Balaban J connectivity index is 1.87. The highest BCUT2D eigenvalue weighted by atomic mass is 35.5. The number of hydrogen-bond donors (Lipinski definition) is 1. The van der Waals surface area contributed by atoms with E-state index in [9.17, 15) is 22.4 Å². The van der Waals surface area contributed by atoms with Crippen molar-refractivity contribution in [2.24, 2.45) is 0 Å². The Labute approximate surface area is 233 Å². The summed E-state index contributed by atoms with van der Waals surface area (Å²) in [6, 6.07) is 11.0. The molecule has 1 amide bonds. The van der Waals surface area contributed by atoms with Crippen molar-refractivity contribution in [3.05, 3.63) is 81.8 Å². The molecular formula is C28H28ClF4N5O2. The van der Waals surface area contributed by atoms with Crippen molar-refractivity contribution in [2.45, 2.75) is 19.6 Å². The van der Waals surface area contributed by atoms with Crippen LogP contribution in [0.15, 0.2) is 48.5 Å². The lowest BCUT2D eigenvalue weighted by atomic mass is 10.1. The molecule has 0 unspecified atom stereocenters. The van der Waals surface area contributed by atoms with Crippen molar-refractivity contribution in [3.63, 3.8) is 0 Å². The number of benzene rings is 2. The Morgan fingerprint density at radius 3 is 2.42 bits per heavy atom. The monoisotopic (exact) mass is 577 g/mol. The summed E-state index contributed by atoms with van der Waals surface area (Å²) in [6.45, 7) is 2.26. The summed E-state index contributed by atoms with van der Waals surface area (Å²) >= 11 is 5.95. The molecule has 0 spiro atoms. The minimum Gasteiger partial charge on any atom is -0.482 e. The number of ether oxygens (including phenoxy) is 1. The molecular weight excluding hydrogens is 550 g/mol. The summed E-state index contributed by atoms with van der Waals surface area (Å²) in [4.78, 5) is 22.1. The van der Waals surface area contributed by atoms with Gasteiger partial charge in [-0.15, -0.1) is 0 Å². The van der Waals surface area contributed by atoms with Crippen LogP contribution in [-0.2, 0) is 12.7 Å². The second-order valence-corrected chi connectivity index (χ2v) is 10.0. The number of carbonyl (C=O) groups is 1. The van der Waals surface area contributed by atoms with Gasteiger partial charge in [0.25, 0.3) is 5.91 Å². The number of pyridine rings is 1. The normalized spacial score (nSPS) is 11.8. The Hall–Kier alpha value is -3.83. The molecule has 7 nitrogen and oxygen atoms in total. The highest BCUT2D eigenvalue weighted by Gasteiger charge is 2.33. The number of aromatic nitrogens is 2. The SMILES string of the molecule is COc1ccc(N)c2nc(C(=O)N(CCN(C)C)Cc3ccc(C(F)(F)F)c(Cl)c3)c(-c3ccc(F)c(C)c3)n12. The number of imidazole rings is 1. The summed E-state index contributed by atoms with van der Waals surface area (Å²) in [5.41, 5.74) is 7.46. The third kappa shape index (κ3) is 5.85. The molecule has 0 bridgehead atoms. The molecule has 0 saturated carbocycles. The van der Waals surface area contributed by atoms with Crippen LogP contribution in [0.4, 0.5) is 23.2 Å². The zero-order valence-corrected chi connectivity index (χ0v) is 23.1. The van der Waals surface area contributed by atoms with Gasteiger partial charge in [-0.2, -0.15) is 13.2 Å². The number of methoxy groups -OCH3 is 1. The van der Waals surface area contributed by atoms with Crippen LogP contribution in [0.2, 0.25) is 5.02 Å². The van der Waals surface area contributed by atoms with Gasteiger partial charge in [0.05, 0.1) is 29.1 Å². The Morgan fingerprint density at radius 2 is 1.82 bits per heavy atom. The van der Waals surface area contributed by atoms with Gasteiger partial charge in [-0.3, -0.25) is 9.20 Å². The smallest absolute Gasteiger partial charge is 0.417 e. The van der Waals surface area contributed by atoms with E-state index < -0.39 is 28.5 Å². The molecule has 4 rings (SSSR count). The van der Waals surface area contributed by atoms with Crippen LogP contribution in [0, 0.1) is 12.7 Å². The van der Waals surface area contributed by atoms with Gasteiger partial charge in [0.15, 0.2) is 17.2 Å². The fourth-order valence-corrected chi connectivity index (χ4v) is 4.65. The van der Waals surface area contributed by atoms with E-state index in [1.165, 1.54) is 36.3 Å². The second-order valence-electron chi connectivity index (χ2n) is 9.60. The number of nitrogen functional groups attached to an aromatic ring is 1. The molecule has 0 fully saturated rings. The molecule has 0 aliphatic carbocycles. The van der Waals surface area contributed by atoms with Gasteiger partial charge >= 0.3 is 6.18 Å². The van der Waals surface area contributed by atoms with Gasteiger partial charge < -0.3 is 20.3 Å². The Kier molecular flexibility index (Phi) is 8.27. The minimum atomic E-state index is -4.60. The number of amides is 1. The van der Waals surface area contributed by atoms with Crippen molar-refractivity contribution in [1.82, 2.24) is 19.2 Å². The highest BCUT2D eigenvalue weighted by Crippen LogP contribution is 2.36. The number of anilines is 1. The van der Waals surface area contributed by atoms with E-state index in [1.54, 1.807) is 29.5 Å². The van der Waals surface area contributed by atoms with Gasteiger partial charge in [0.2, 0.25) is 0 Å². The van der Waals surface area contributed by atoms with Gasteiger partial charge in [0, 0.05) is 31.3 Å². The fourth-order valence-electron chi connectivity index (χ4n) is 4.34. The van der Waals surface area contributed by atoms with Crippen molar-refractivity contribution >= 4 is 28.8 Å². The molecule has 2 N–H and O–H groups in total. The second kappa shape index (κ2) is 11.3. The van der Waals surface area contributed by atoms with Crippen LogP contribution in [0.1, 0.15) is 27.2 Å². The molecule has 12 heteroatoms. The summed E-state index contributed by atoms with van der Waals surface area (Å²) in [5.74, 6) is -0.564. The summed E-state index contributed by atoms with van der Waals surface area (Å²) in [6.07, 6.45) is -4.60. The zero-order chi connectivity index (χ0) is 29.4. The first kappa shape index (κ1) is 29.2. The van der Waals surface area contributed by atoms with Crippen LogP contribution in [0.3, 0.4) is 0 Å². The number of nitrogens with two attached hydrogens (primary N) is 1. The average Bonchev–Trinajstić information content (AvgIpc) is 3.29. The quantitative estimate of drug-likeness (QED) is 0.263. The molecule has 0 atom stereocenters. The van der Waals surface area contributed by atoms with E-state index in [2.05, 4.69) is 4.98 Å². The van der Waals surface area contributed by atoms with E-state index in [4.69, 9.17) is 22.1 Å². The maximum atomic E-state index is 14.2. The third-order valence-corrected chi connectivity index (χ3v) is 6.73. The van der Waals surface area contributed by atoms with Gasteiger partial charge in [0.1, 0.15) is 5.82 Å². The lowest BCUT2D eigenvalue weighted by molar-refractivity contribution is -0.137. The largest absolute Gasteiger partial charge is 0.482 e. The molecule has 0 aliphatic rings. The Morgan fingerprint density at radius 1 is 1.10 bits per heavy atom. The topological polar surface area (TPSA) is 76.1 Å². The lowest BCUT2D eigenvalue weighted by Gasteiger charge is -2.25. The van der Waals surface area contributed by atoms with E-state index >= 15 is 0 Å². The number of fused-ring (bicyclic) bond motifs is 1. The first-order valence-electron chi connectivity index (χ1n) is 12.2. The molecule has 0 radical (unpaired) electrons. The zero-order valence-electron chi connectivity index (χ0n) is 22.3. The predicted octanol–water partition coefficient (Wildman–Crippen LogP) is 5.92. The van der Waals surface area contributed by atoms with Gasteiger partial charge in [-0.25, -0.2) is 9.37 Å². The number of halogens is 5. The van der Waals surface area contributed by atoms with E-state index in [0.29, 0.717) is 34.8 Å². The van der Waals surface area contributed by atoms with E-state index in [1.807, 2.05) is 19.0 Å². The van der Waals surface area contributed by atoms with Crippen LogP contribution >= 0.6 is 11.6 Å². The van der Waals surface area contributed by atoms with Crippen LogP contribution in [-0.4, -0.2) is 59.4 Å². The first-order valence-corrected chi connectivity index (χ1v) is 12.6. The number of hydrogen-bond acceptors (Lipinski definition) is 5. The van der Waals surface area contributed by atoms with Crippen molar-refractivity contribution in [2.75, 3.05) is 40.0 Å². The molecule has 212 valence electrons. The predicted molar refractivity (Wildman–Crippen MR) is 146 cm³/mol.